The van der Waals surface area contributed by atoms with Crippen LogP contribution >= 0.6 is 23.2 Å². The number of carbonyl (C=O) groups excluding carboxylic acids is 3. The Morgan fingerprint density at radius 1 is 1.08 bits per heavy atom. The molecule has 8 heteroatoms. The van der Waals surface area contributed by atoms with Crippen LogP contribution in [-0.4, -0.2) is 58.7 Å². The summed E-state index contributed by atoms with van der Waals surface area (Å²) in [7, 11) is 0. The van der Waals surface area contributed by atoms with E-state index in [9.17, 15) is 14.4 Å². The number of rotatable bonds is 2. The van der Waals surface area contributed by atoms with E-state index in [2.05, 4.69) is 5.32 Å². The monoisotopic (exact) mass is 381 g/mol. The van der Waals surface area contributed by atoms with Crippen LogP contribution in [0.25, 0.3) is 0 Å². The highest BCUT2D eigenvalue weighted by Gasteiger charge is 2.51. The minimum absolute atomic E-state index is 0.00498. The second-order valence-corrected chi connectivity index (χ2v) is 7.51. The van der Waals surface area contributed by atoms with Gasteiger partial charge in [0.2, 0.25) is 11.8 Å². The average molecular weight is 382 g/mol. The van der Waals surface area contributed by atoms with Crippen molar-refractivity contribution >= 4 is 40.9 Å². The van der Waals surface area contributed by atoms with E-state index in [1.165, 1.54) is 0 Å². The molecule has 1 aromatic rings. The van der Waals surface area contributed by atoms with Crippen LogP contribution in [0.15, 0.2) is 18.2 Å². The number of nitrogens with zero attached hydrogens (tertiary/aromatic N) is 2. The lowest BCUT2D eigenvalue weighted by atomic mass is 10.1. The number of fused-ring (bicyclic) bond motifs is 2. The van der Waals surface area contributed by atoms with Crippen molar-refractivity contribution in [1.82, 2.24) is 15.1 Å². The first kappa shape index (κ1) is 16.7. The Labute approximate surface area is 155 Å². The van der Waals surface area contributed by atoms with Crippen LogP contribution in [-0.2, 0) is 9.59 Å². The van der Waals surface area contributed by atoms with Gasteiger partial charge in [0, 0.05) is 19.1 Å². The molecule has 0 unspecified atom stereocenters. The second kappa shape index (κ2) is 6.18. The minimum atomic E-state index is -0.478. The minimum Gasteiger partial charge on any atom is -0.347 e. The van der Waals surface area contributed by atoms with Gasteiger partial charge < -0.3 is 15.1 Å². The summed E-state index contributed by atoms with van der Waals surface area (Å²) < 4.78 is 0. The number of benzene rings is 1. The highest BCUT2D eigenvalue weighted by Crippen LogP contribution is 2.32. The molecule has 3 aliphatic rings. The van der Waals surface area contributed by atoms with Crippen molar-refractivity contribution in [2.75, 3.05) is 13.1 Å². The molecule has 6 nitrogen and oxygen atoms in total. The predicted molar refractivity (Wildman–Crippen MR) is 92.6 cm³/mol. The summed E-state index contributed by atoms with van der Waals surface area (Å²) in [6.07, 6.45) is 2.01. The first-order chi connectivity index (χ1) is 12.0. The summed E-state index contributed by atoms with van der Waals surface area (Å²) in [5.74, 6) is -0.398. The number of hydrogen-bond acceptors (Lipinski definition) is 3. The largest absolute Gasteiger partial charge is 0.347 e. The lowest BCUT2D eigenvalue weighted by Gasteiger charge is -2.38. The van der Waals surface area contributed by atoms with Gasteiger partial charge in [-0.1, -0.05) is 29.3 Å². The molecular formula is C17H17Cl2N3O3. The molecule has 3 saturated heterocycles. The van der Waals surface area contributed by atoms with Crippen LogP contribution < -0.4 is 5.32 Å². The Morgan fingerprint density at radius 3 is 2.48 bits per heavy atom. The maximum Gasteiger partial charge on any atom is 0.254 e. The van der Waals surface area contributed by atoms with Crippen LogP contribution in [0.4, 0.5) is 0 Å². The third-order valence-electron chi connectivity index (χ3n) is 5.22. The standard InChI is InChI=1S/C17H17Cl2N3O3/c18-10-3-1-4-11(19)14(10)15(23)20-9-7-13-17(25)21-6-2-5-12(21)16(24)22(13)8-9/h1,3-4,9,12-13H,2,5-8H2,(H,20,23)/t9-,12+,13-/m0/s1. The van der Waals surface area contributed by atoms with E-state index in [4.69, 9.17) is 23.2 Å². The zero-order valence-electron chi connectivity index (χ0n) is 13.4. The summed E-state index contributed by atoms with van der Waals surface area (Å²) in [5, 5.41) is 3.41. The van der Waals surface area contributed by atoms with Gasteiger partial charge in [-0.15, -0.1) is 0 Å². The molecule has 1 N–H and O–H groups in total. The molecule has 4 rings (SSSR count). The summed E-state index contributed by atoms with van der Waals surface area (Å²) in [6.45, 7) is 0.985. The topological polar surface area (TPSA) is 69.7 Å². The Hall–Kier alpha value is -1.79. The van der Waals surface area contributed by atoms with Gasteiger partial charge in [-0.25, -0.2) is 0 Å². The fourth-order valence-electron chi connectivity index (χ4n) is 4.06. The van der Waals surface area contributed by atoms with E-state index in [1.807, 2.05) is 0 Å². The zero-order valence-corrected chi connectivity index (χ0v) is 14.9. The Morgan fingerprint density at radius 2 is 1.76 bits per heavy atom. The first-order valence-electron chi connectivity index (χ1n) is 8.33. The Bertz CT molecular complexity index is 719. The van der Waals surface area contributed by atoms with Crippen LogP contribution in [0.2, 0.25) is 10.0 Å². The maximum atomic E-state index is 12.6. The van der Waals surface area contributed by atoms with E-state index in [1.54, 1.807) is 28.0 Å². The molecule has 25 heavy (non-hydrogen) atoms. The van der Waals surface area contributed by atoms with Crippen LogP contribution in [0, 0.1) is 0 Å². The van der Waals surface area contributed by atoms with Crippen LogP contribution in [0.3, 0.4) is 0 Å². The van der Waals surface area contributed by atoms with Crippen molar-refractivity contribution in [3.63, 3.8) is 0 Å². The lowest BCUT2D eigenvalue weighted by molar-refractivity contribution is -0.156. The van der Waals surface area contributed by atoms with E-state index in [0.29, 0.717) is 19.5 Å². The molecule has 0 aliphatic carbocycles. The molecule has 3 fully saturated rings. The first-order valence-corrected chi connectivity index (χ1v) is 9.09. The van der Waals surface area contributed by atoms with Gasteiger partial charge >= 0.3 is 0 Å². The molecule has 0 aromatic heterocycles. The third kappa shape index (κ3) is 2.68. The van der Waals surface area contributed by atoms with Gasteiger partial charge in [0.15, 0.2) is 0 Å². The van der Waals surface area contributed by atoms with E-state index in [-0.39, 0.29) is 45.4 Å². The summed E-state index contributed by atoms with van der Waals surface area (Å²) in [4.78, 5) is 41.1. The molecule has 132 valence electrons. The average Bonchev–Trinajstić information content (AvgIpc) is 3.19. The molecule has 3 aliphatic heterocycles. The number of halogens is 2. The third-order valence-corrected chi connectivity index (χ3v) is 5.85. The summed E-state index contributed by atoms with van der Waals surface area (Å²) in [5.41, 5.74) is 0.217. The fourth-order valence-corrected chi connectivity index (χ4v) is 4.63. The van der Waals surface area contributed by atoms with Gasteiger partial charge in [0.1, 0.15) is 12.1 Å². The fraction of sp³-hybridized carbons (Fsp3) is 0.471. The molecule has 0 spiro atoms. The number of carbonyl (C=O) groups is 3. The van der Waals surface area contributed by atoms with Crippen molar-refractivity contribution in [2.45, 2.75) is 37.4 Å². The van der Waals surface area contributed by atoms with Crippen LogP contribution in [0.1, 0.15) is 29.6 Å². The zero-order chi connectivity index (χ0) is 17.7. The lowest BCUT2D eigenvalue weighted by Crippen LogP contribution is -2.60. The molecule has 1 aromatic carbocycles. The van der Waals surface area contributed by atoms with E-state index < -0.39 is 6.04 Å². The molecular weight excluding hydrogens is 365 g/mol. The van der Waals surface area contributed by atoms with Gasteiger partial charge in [-0.05, 0) is 31.4 Å². The normalized spacial score (nSPS) is 28.2. The van der Waals surface area contributed by atoms with E-state index >= 15 is 0 Å². The highest BCUT2D eigenvalue weighted by atomic mass is 35.5. The molecule has 0 radical (unpaired) electrons. The molecule has 0 bridgehead atoms. The van der Waals surface area contributed by atoms with Gasteiger partial charge in [0.05, 0.1) is 15.6 Å². The molecule has 3 amide bonds. The van der Waals surface area contributed by atoms with Crippen molar-refractivity contribution in [2.24, 2.45) is 0 Å². The van der Waals surface area contributed by atoms with Crippen molar-refractivity contribution < 1.29 is 14.4 Å². The second-order valence-electron chi connectivity index (χ2n) is 6.70. The van der Waals surface area contributed by atoms with Gasteiger partial charge in [-0.3, -0.25) is 14.4 Å². The molecule has 3 heterocycles. The highest BCUT2D eigenvalue weighted by molar-refractivity contribution is 6.39. The van der Waals surface area contributed by atoms with Crippen molar-refractivity contribution in [3.8, 4) is 0 Å². The number of piperazine rings is 1. The van der Waals surface area contributed by atoms with Crippen LogP contribution in [0.5, 0.6) is 0 Å². The van der Waals surface area contributed by atoms with Crippen molar-refractivity contribution in [1.29, 1.82) is 0 Å². The molecule has 0 saturated carbocycles. The predicted octanol–water partition coefficient (Wildman–Crippen LogP) is 1.70. The van der Waals surface area contributed by atoms with Gasteiger partial charge in [-0.2, -0.15) is 0 Å². The molecule has 3 atom stereocenters. The number of nitrogens with one attached hydrogen (secondary N) is 1. The quantitative estimate of drug-likeness (QED) is 0.847. The summed E-state index contributed by atoms with van der Waals surface area (Å²) in [6, 6.07) is 3.77. The number of hydrogen-bond donors (Lipinski definition) is 1. The summed E-state index contributed by atoms with van der Waals surface area (Å²) >= 11 is 12.1. The Kier molecular flexibility index (Phi) is 4.12. The van der Waals surface area contributed by atoms with Gasteiger partial charge in [0.25, 0.3) is 5.91 Å². The number of amides is 3. The van der Waals surface area contributed by atoms with Crippen molar-refractivity contribution in [3.05, 3.63) is 33.8 Å². The Balaban J connectivity index is 1.50. The maximum absolute atomic E-state index is 12.6. The van der Waals surface area contributed by atoms with E-state index in [0.717, 1.165) is 12.8 Å². The smallest absolute Gasteiger partial charge is 0.254 e. The SMILES string of the molecule is O=C(N[C@H]1C[C@H]2C(=O)N3CCC[C@@H]3C(=O)N2C1)c1c(Cl)cccc1Cl.